The Morgan fingerprint density at radius 3 is 2.73 bits per heavy atom. The number of imidazole rings is 1. The molecule has 1 aliphatic heterocycles. The highest BCUT2D eigenvalue weighted by atomic mass is 16.5. The lowest BCUT2D eigenvalue weighted by atomic mass is 9.98. The zero-order valence-corrected chi connectivity index (χ0v) is 16.6. The first kappa shape index (κ1) is 18.2. The Morgan fingerprint density at radius 1 is 1.23 bits per heavy atom. The fourth-order valence-electron chi connectivity index (χ4n) is 4.14. The molecule has 3 aromatic heterocycles. The van der Waals surface area contributed by atoms with Crippen molar-refractivity contribution in [2.45, 2.75) is 26.0 Å². The summed E-state index contributed by atoms with van der Waals surface area (Å²) in [6.07, 6.45) is 0.636. The van der Waals surface area contributed by atoms with Crippen molar-refractivity contribution in [1.29, 1.82) is 0 Å². The number of pyridine rings is 1. The van der Waals surface area contributed by atoms with Crippen molar-refractivity contribution >= 4 is 16.9 Å². The van der Waals surface area contributed by atoms with Crippen molar-refractivity contribution in [3.63, 3.8) is 0 Å². The van der Waals surface area contributed by atoms with E-state index in [1.807, 2.05) is 32.0 Å². The van der Waals surface area contributed by atoms with Gasteiger partial charge in [-0.2, -0.15) is 0 Å². The maximum atomic E-state index is 13.0. The zero-order valence-electron chi connectivity index (χ0n) is 16.6. The van der Waals surface area contributed by atoms with Crippen molar-refractivity contribution < 1.29 is 14.1 Å². The van der Waals surface area contributed by atoms with Gasteiger partial charge in [0.25, 0.3) is 5.91 Å². The van der Waals surface area contributed by atoms with Gasteiger partial charge in [-0.25, -0.2) is 4.79 Å². The summed E-state index contributed by atoms with van der Waals surface area (Å²) < 4.78 is 13.2. The molecule has 0 radical (unpaired) electrons. The van der Waals surface area contributed by atoms with E-state index in [0.29, 0.717) is 39.5 Å². The number of nitrogens with one attached hydrogen (secondary N) is 2. The second kappa shape index (κ2) is 6.58. The molecule has 1 aliphatic rings. The van der Waals surface area contributed by atoms with E-state index >= 15 is 0 Å². The summed E-state index contributed by atoms with van der Waals surface area (Å²) in [6, 6.07) is 8.30. The van der Waals surface area contributed by atoms with Gasteiger partial charge in [-0.3, -0.25) is 14.3 Å². The van der Waals surface area contributed by atoms with Crippen LogP contribution in [0.5, 0.6) is 5.75 Å². The number of hydrogen-bond donors (Lipinski definition) is 2. The molecule has 0 aliphatic carbocycles. The summed E-state index contributed by atoms with van der Waals surface area (Å²) >= 11 is 0. The van der Waals surface area contributed by atoms with Gasteiger partial charge < -0.3 is 19.6 Å². The Bertz CT molecular complexity index is 1320. The molecule has 0 fully saturated rings. The standard InChI is InChI=1S/C21H19N5O4/c1-10-15(11(2)30-25-10)12-7-8-14-17-18(12)29-19(20(27)22-3)16(26(17)21(28)24-14)13-6-4-5-9-23-13/h4-9,16,19H,1-3H3,(H,22,27)(H,24,28). The number of rotatable bonds is 3. The van der Waals surface area contributed by atoms with Crippen LogP contribution >= 0.6 is 0 Å². The molecular weight excluding hydrogens is 386 g/mol. The van der Waals surface area contributed by atoms with Crippen LogP contribution in [0.4, 0.5) is 0 Å². The molecule has 2 atom stereocenters. The highest BCUT2D eigenvalue weighted by Gasteiger charge is 2.41. The van der Waals surface area contributed by atoms with E-state index in [0.717, 1.165) is 5.56 Å². The Morgan fingerprint density at radius 2 is 2.07 bits per heavy atom. The Balaban J connectivity index is 1.85. The Hall–Kier alpha value is -3.88. The molecular formula is C21H19N5O4. The van der Waals surface area contributed by atoms with Gasteiger partial charge in [-0.1, -0.05) is 11.2 Å². The molecule has 9 nitrogen and oxygen atoms in total. The summed E-state index contributed by atoms with van der Waals surface area (Å²) in [5.74, 6) is 0.701. The normalized spacial score (nSPS) is 17.7. The van der Waals surface area contributed by atoms with Crippen LogP contribution in [0, 0.1) is 13.8 Å². The van der Waals surface area contributed by atoms with E-state index in [1.54, 1.807) is 22.9 Å². The molecule has 5 rings (SSSR count). The van der Waals surface area contributed by atoms with Crippen LogP contribution in [0.15, 0.2) is 45.8 Å². The minimum absolute atomic E-state index is 0.338. The summed E-state index contributed by atoms with van der Waals surface area (Å²) in [4.78, 5) is 33.1. The Labute approximate surface area is 170 Å². The van der Waals surface area contributed by atoms with Crippen LogP contribution < -0.4 is 15.7 Å². The monoisotopic (exact) mass is 405 g/mol. The van der Waals surface area contributed by atoms with Gasteiger partial charge in [0.05, 0.1) is 22.5 Å². The molecule has 1 amide bonds. The van der Waals surface area contributed by atoms with Gasteiger partial charge in [-0.15, -0.1) is 0 Å². The number of carbonyl (C=O) groups is 1. The molecule has 2 unspecified atom stereocenters. The number of aromatic amines is 1. The number of ether oxygens (including phenoxy) is 1. The second-order valence-electron chi connectivity index (χ2n) is 7.19. The topological polar surface area (TPSA) is 115 Å². The quantitative estimate of drug-likeness (QED) is 0.539. The first-order valence-corrected chi connectivity index (χ1v) is 9.51. The summed E-state index contributed by atoms with van der Waals surface area (Å²) in [6.45, 7) is 3.65. The molecule has 0 saturated heterocycles. The Kier molecular flexibility index (Phi) is 3.99. The van der Waals surface area contributed by atoms with E-state index < -0.39 is 12.1 Å². The lowest BCUT2D eigenvalue weighted by Crippen LogP contribution is -2.47. The number of nitrogens with zero attached hydrogens (tertiary/aromatic N) is 3. The van der Waals surface area contributed by atoms with Crippen molar-refractivity contribution in [3.8, 4) is 16.9 Å². The van der Waals surface area contributed by atoms with Crippen molar-refractivity contribution in [2.75, 3.05) is 7.05 Å². The van der Waals surface area contributed by atoms with Crippen molar-refractivity contribution in [3.05, 3.63) is 64.2 Å². The zero-order chi connectivity index (χ0) is 21.0. The van der Waals surface area contributed by atoms with E-state index in [9.17, 15) is 9.59 Å². The van der Waals surface area contributed by atoms with E-state index in [-0.39, 0.29) is 11.6 Å². The molecule has 0 saturated carbocycles. The summed E-state index contributed by atoms with van der Waals surface area (Å²) in [5, 5.41) is 6.67. The smallest absolute Gasteiger partial charge is 0.327 e. The maximum absolute atomic E-state index is 13.0. The third-order valence-electron chi connectivity index (χ3n) is 5.44. The van der Waals surface area contributed by atoms with E-state index in [1.165, 1.54) is 7.05 Å². The number of aromatic nitrogens is 4. The fourth-order valence-corrected chi connectivity index (χ4v) is 4.14. The molecule has 9 heteroatoms. The van der Waals surface area contributed by atoms with Crippen LogP contribution in [-0.2, 0) is 4.79 Å². The third-order valence-corrected chi connectivity index (χ3v) is 5.44. The van der Waals surface area contributed by atoms with E-state index in [2.05, 4.69) is 20.4 Å². The summed E-state index contributed by atoms with van der Waals surface area (Å²) in [7, 11) is 1.53. The van der Waals surface area contributed by atoms with Gasteiger partial charge >= 0.3 is 5.69 Å². The van der Waals surface area contributed by atoms with Gasteiger partial charge in [0.1, 0.15) is 17.3 Å². The van der Waals surface area contributed by atoms with E-state index in [4.69, 9.17) is 9.26 Å². The highest BCUT2D eigenvalue weighted by Crippen LogP contribution is 2.44. The minimum Gasteiger partial charge on any atom is -0.475 e. The number of likely N-dealkylation sites (N-methyl/N-ethyl adjacent to an activating group) is 1. The molecule has 2 N–H and O–H groups in total. The average molecular weight is 405 g/mol. The van der Waals surface area contributed by atoms with Crippen LogP contribution in [0.25, 0.3) is 22.2 Å². The number of hydrogen-bond acceptors (Lipinski definition) is 6. The maximum Gasteiger partial charge on any atom is 0.327 e. The van der Waals surface area contributed by atoms with Crippen LogP contribution in [0.2, 0.25) is 0 Å². The first-order chi connectivity index (χ1) is 14.5. The molecule has 152 valence electrons. The van der Waals surface area contributed by atoms with Crippen LogP contribution in [-0.4, -0.2) is 38.8 Å². The van der Waals surface area contributed by atoms with Crippen LogP contribution in [0.1, 0.15) is 23.2 Å². The number of amides is 1. The second-order valence-corrected chi connectivity index (χ2v) is 7.19. The SMILES string of the molecule is CNC(=O)C1Oc2c(-c3c(C)noc3C)ccc3[nH]c(=O)n(c23)C1c1ccccn1. The fraction of sp³-hybridized carbons (Fsp3) is 0.238. The third kappa shape index (κ3) is 2.48. The number of benzene rings is 1. The number of carbonyl (C=O) groups excluding carboxylic acids is 1. The van der Waals surface area contributed by atoms with Gasteiger partial charge in [0, 0.05) is 18.8 Å². The molecule has 4 aromatic rings. The minimum atomic E-state index is -0.990. The molecule has 0 spiro atoms. The van der Waals surface area contributed by atoms with Crippen molar-refractivity contribution in [1.82, 2.24) is 25.0 Å². The van der Waals surface area contributed by atoms with Crippen LogP contribution in [0.3, 0.4) is 0 Å². The lowest BCUT2D eigenvalue weighted by molar-refractivity contribution is -0.129. The number of aryl methyl sites for hydroxylation is 2. The largest absolute Gasteiger partial charge is 0.475 e. The van der Waals surface area contributed by atoms with Gasteiger partial charge in [0.2, 0.25) is 6.10 Å². The van der Waals surface area contributed by atoms with Gasteiger partial charge in [0.15, 0.2) is 5.75 Å². The summed E-state index contributed by atoms with van der Waals surface area (Å²) in [5.41, 5.74) is 3.59. The molecule has 4 heterocycles. The molecule has 30 heavy (non-hydrogen) atoms. The lowest BCUT2D eigenvalue weighted by Gasteiger charge is -2.32. The van der Waals surface area contributed by atoms with Gasteiger partial charge in [-0.05, 0) is 38.1 Å². The highest BCUT2D eigenvalue weighted by molar-refractivity contribution is 5.94. The first-order valence-electron chi connectivity index (χ1n) is 9.51. The molecule has 1 aromatic carbocycles. The molecule has 0 bridgehead atoms. The number of H-pyrrole nitrogens is 1. The van der Waals surface area contributed by atoms with Crippen molar-refractivity contribution in [2.24, 2.45) is 0 Å². The average Bonchev–Trinajstić information content (AvgIpc) is 3.28. The predicted octanol–water partition coefficient (Wildman–Crippen LogP) is 2.09. The predicted molar refractivity (Wildman–Crippen MR) is 108 cm³/mol.